The minimum absolute atomic E-state index is 0.140. The summed E-state index contributed by atoms with van der Waals surface area (Å²) in [4.78, 5) is 8.52. The zero-order valence-corrected chi connectivity index (χ0v) is 12.5. The van der Waals surface area contributed by atoms with Crippen LogP contribution in [0.2, 0.25) is 5.02 Å². The summed E-state index contributed by atoms with van der Waals surface area (Å²) in [5.74, 6) is 2.93. The second kappa shape index (κ2) is 9.13. The molecule has 20 heavy (non-hydrogen) atoms. The van der Waals surface area contributed by atoms with Gasteiger partial charge < -0.3 is 16.4 Å². The number of nitrogens with two attached hydrogens (primary N) is 1. The summed E-state index contributed by atoms with van der Waals surface area (Å²) in [5.41, 5.74) is 6.27. The zero-order valence-electron chi connectivity index (χ0n) is 10.9. The quantitative estimate of drug-likeness (QED) is 0.249. The normalized spacial score (nSPS) is 10.7. The molecule has 7 heteroatoms. The number of pyridine rings is 1. The molecule has 0 atom stereocenters. The largest absolute Gasteiger partial charge is 0.376 e. The summed E-state index contributed by atoms with van der Waals surface area (Å²) in [6, 6.07) is 3.62. The van der Waals surface area contributed by atoms with Crippen LogP contribution in [-0.2, 0) is 6.42 Å². The van der Waals surface area contributed by atoms with Crippen LogP contribution in [0.5, 0.6) is 0 Å². The lowest BCUT2D eigenvalue weighted by molar-refractivity contribution is 0.802. The van der Waals surface area contributed by atoms with E-state index < -0.39 is 0 Å². The van der Waals surface area contributed by atoms with Crippen molar-refractivity contribution in [3.8, 4) is 12.3 Å². The topological polar surface area (TPSA) is 75.3 Å². The molecular weight excluding hydrogens is 294 g/mol. The van der Waals surface area contributed by atoms with Crippen LogP contribution in [0.1, 0.15) is 12.1 Å². The fraction of sp³-hybridized carbons (Fsp3) is 0.308. The SMILES string of the molecule is C#CCNC(=NCCCc1ncccc1Cl)NC(N)=S. The highest BCUT2D eigenvalue weighted by Gasteiger charge is 2.01. The maximum atomic E-state index is 6.02. The van der Waals surface area contributed by atoms with E-state index in [1.807, 2.05) is 6.07 Å². The van der Waals surface area contributed by atoms with Crippen molar-refractivity contribution in [2.45, 2.75) is 12.8 Å². The zero-order chi connectivity index (χ0) is 14.8. The van der Waals surface area contributed by atoms with Crippen molar-refractivity contribution in [3.05, 3.63) is 29.0 Å². The number of thiocarbonyl (C=S) groups is 1. The number of halogens is 1. The van der Waals surface area contributed by atoms with E-state index in [1.54, 1.807) is 12.3 Å². The first-order valence-electron chi connectivity index (χ1n) is 6.01. The van der Waals surface area contributed by atoms with E-state index in [9.17, 15) is 0 Å². The van der Waals surface area contributed by atoms with E-state index in [1.165, 1.54) is 0 Å². The van der Waals surface area contributed by atoms with Gasteiger partial charge >= 0.3 is 0 Å². The molecule has 4 N–H and O–H groups in total. The molecule has 0 aliphatic rings. The third-order valence-electron chi connectivity index (χ3n) is 2.28. The van der Waals surface area contributed by atoms with Gasteiger partial charge in [-0.3, -0.25) is 9.98 Å². The van der Waals surface area contributed by atoms with Gasteiger partial charge in [-0.25, -0.2) is 0 Å². The standard InChI is InChI=1S/C13H16ClN5S/c1-2-7-17-13(19-12(15)20)18-9-4-6-11-10(14)5-3-8-16-11/h1,3,5,8H,4,6-7,9H2,(H4,15,17,18,19,20). The van der Waals surface area contributed by atoms with Gasteiger partial charge in [0.05, 0.1) is 17.3 Å². The molecule has 0 aliphatic carbocycles. The van der Waals surface area contributed by atoms with E-state index in [0.717, 1.165) is 18.5 Å². The van der Waals surface area contributed by atoms with Crippen LogP contribution >= 0.6 is 23.8 Å². The van der Waals surface area contributed by atoms with Gasteiger partial charge in [0.2, 0.25) is 0 Å². The first-order valence-corrected chi connectivity index (χ1v) is 6.79. The Morgan fingerprint density at radius 1 is 1.60 bits per heavy atom. The van der Waals surface area contributed by atoms with Gasteiger partial charge in [-0.05, 0) is 37.2 Å². The Balaban J connectivity index is 2.45. The van der Waals surface area contributed by atoms with Crippen molar-refractivity contribution < 1.29 is 0 Å². The Kier molecular flexibility index (Phi) is 7.40. The minimum Gasteiger partial charge on any atom is -0.376 e. The molecule has 0 radical (unpaired) electrons. The highest BCUT2D eigenvalue weighted by molar-refractivity contribution is 7.80. The van der Waals surface area contributed by atoms with Crippen LogP contribution in [0.3, 0.4) is 0 Å². The minimum atomic E-state index is 0.140. The fourth-order valence-electron chi connectivity index (χ4n) is 1.43. The first kappa shape index (κ1) is 16.2. The molecule has 0 unspecified atom stereocenters. The second-order valence-corrected chi connectivity index (χ2v) is 4.66. The molecule has 0 saturated heterocycles. The molecular formula is C13H16ClN5S. The first-order chi connectivity index (χ1) is 9.63. The maximum Gasteiger partial charge on any atom is 0.198 e. The molecule has 1 aromatic heterocycles. The van der Waals surface area contributed by atoms with Crippen LogP contribution in [-0.4, -0.2) is 29.1 Å². The molecule has 0 amide bonds. The number of terminal acetylenes is 1. The summed E-state index contributed by atoms with van der Waals surface area (Å²) in [7, 11) is 0. The number of hydrogen-bond donors (Lipinski definition) is 3. The van der Waals surface area contributed by atoms with Gasteiger partial charge in [-0.15, -0.1) is 6.42 Å². The molecule has 0 aromatic carbocycles. The number of aryl methyl sites for hydroxylation is 1. The Morgan fingerprint density at radius 2 is 2.40 bits per heavy atom. The van der Waals surface area contributed by atoms with E-state index in [0.29, 0.717) is 24.1 Å². The molecule has 0 fully saturated rings. The second-order valence-electron chi connectivity index (χ2n) is 3.81. The molecule has 0 spiro atoms. The maximum absolute atomic E-state index is 6.02. The van der Waals surface area contributed by atoms with Crippen LogP contribution in [0.25, 0.3) is 0 Å². The van der Waals surface area contributed by atoms with E-state index >= 15 is 0 Å². The van der Waals surface area contributed by atoms with Crippen molar-refractivity contribution in [1.82, 2.24) is 15.6 Å². The third kappa shape index (κ3) is 6.36. The van der Waals surface area contributed by atoms with Crippen LogP contribution in [0, 0.1) is 12.3 Å². The Morgan fingerprint density at radius 3 is 3.05 bits per heavy atom. The van der Waals surface area contributed by atoms with Gasteiger partial charge in [0.15, 0.2) is 11.1 Å². The van der Waals surface area contributed by atoms with E-state index in [-0.39, 0.29) is 5.11 Å². The number of nitrogens with zero attached hydrogens (tertiary/aromatic N) is 2. The lowest BCUT2D eigenvalue weighted by Gasteiger charge is -2.09. The van der Waals surface area contributed by atoms with Crippen molar-refractivity contribution >= 4 is 34.9 Å². The third-order valence-corrected chi connectivity index (χ3v) is 2.72. The highest BCUT2D eigenvalue weighted by atomic mass is 35.5. The lowest BCUT2D eigenvalue weighted by atomic mass is 10.2. The Hall–Kier alpha value is -1.84. The summed E-state index contributed by atoms with van der Waals surface area (Å²) >= 11 is 10.8. The molecule has 1 rings (SSSR count). The molecule has 5 nitrogen and oxygen atoms in total. The van der Waals surface area contributed by atoms with Crippen LogP contribution in [0.4, 0.5) is 0 Å². The van der Waals surface area contributed by atoms with Gasteiger partial charge in [0.25, 0.3) is 0 Å². The summed E-state index contributed by atoms with van der Waals surface area (Å²) in [6.45, 7) is 0.927. The smallest absolute Gasteiger partial charge is 0.198 e. The predicted octanol–water partition coefficient (Wildman–Crippen LogP) is 1.08. The van der Waals surface area contributed by atoms with Crippen molar-refractivity contribution in [2.24, 2.45) is 10.7 Å². The number of hydrogen-bond acceptors (Lipinski definition) is 3. The number of aliphatic imine (C=N–C) groups is 1. The number of rotatable bonds is 5. The molecule has 106 valence electrons. The van der Waals surface area contributed by atoms with E-state index in [2.05, 4.69) is 26.5 Å². The average Bonchev–Trinajstić information content (AvgIpc) is 2.41. The predicted molar refractivity (Wildman–Crippen MR) is 86.6 cm³/mol. The van der Waals surface area contributed by atoms with Crippen LogP contribution in [0.15, 0.2) is 23.3 Å². The number of guanidine groups is 1. The molecule has 0 aliphatic heterocycles. The Bertz CT molecular complexity index is 524. The Labute approximate surface area is 129 Å². The van der Waals surface area contributed by atoms with Crippen LogP contribution < -0.4 is 16.4 Å². The number of aromatic nitrogens is 1. The van der Waals surface area contributed by atoms with Crippen molar-refractivity contribution in [3.63, 3.8) is 0 Å². The van der Waals surface area contributed by atoms with E-state index in [4.69, 9.17) is 36.0 Å². The van der Waals surface area contributed by atoms with Gasteiger partial charge in [0.1, 0.15) is 0 Å². The summed E-state index contributed by atoms with van der Waals surface area (Å²) in [5, 5.41) is 6.45. The monoisotopic (exact) mass is 309 g/mol. The van der Waals surface area contributed by atoms with Gasteiger partial charge in [-0.1, -0.05) is 17.5 Å². The number of nitrogens with one attached hydrogen (secondary N) is 2. The molecule has 0 saturated carbocycles. The molecule has 1 aromatic rings. The lowest BCUT2D eigenvalue weighted by Crippen LogP contribution is -2.43. The van der Waals surface area contributed by atoms with Gasteiger partial charge in [0, 0.05) is 12.7 Å². The highest BCUT2D eigenvalue weighted by Crippen LogP contribution is 2.13. The summed E-state index contributed by atoms with van der Waals surface area (Å²) < 4.78 is 0. The summed E-state index contributed by atoms with van der Waals surface area (Å²) in [6.07, 6.45) is 8.45. The van der Waals surface area contributed by atoms with Crippen molar-refractivity contribution in [1.29, 1.82) is 0 Å². The molecule has 0 bridgehead atoms. The van der Waals surface area contributed by atoms with Gasteiger partial charge in [-0.2, -0.15) is 0 Å². The average molecular weight is 310 g/mol. The fourth-order valence-corrected chi connectivity index (χ4v) is 1.74. The molecule has 1 heterocycles. The van der Waals surface area contributed by atoms with Crippen molar-refractivity contribution in [2.75, 3.05) is 13.1 Å².